The van der Waals surface area contributed by atoms with Gasteiger partial charge in [-0.25, -0.2) is 0 Å². The van der Waals surface area contributed by atoms with E-state index in [1.807, 2.05) is 19.1 Å². The number of hydrogen-bond acceptors (Lipinski definition) is 4. The first-order valence-electron chi connectivity index (χ1n) is 5.48. The lowest BCUT2D eigenvalue weighted by Crippen LogP contribution is -2.22. The summed E-state index contributed by atoms with van der Waals surface area (Å²) in [7, 11) is 0. The summed E-state index contributed by atoms with van der Waals surface area (Å²) < 4.78 is 10.9. The van der Waals surface area contributed by atoms with Gasteiger partial charge in [-0.1, -0.05) is 0 Å². The molecule has 2 rings (SSSR count). The van der Waals surface area contributed by atoms with Gasteiger partial charge >= 0.3 is 5.97 Å². The van der Waals surface area contributed by atoms with Crippen LogP contribution in [0.5, 0.6) is 11.5 Å². The maximum atomic E-state index is 10.4. The molecular weight excluding hydrogens is 222 g/mol. The van der Waals surface area contributed by atoms with E-state index in [1.165, 1.54) is 0 Å². The number of aryl methyl sites for hydroxylation is 1. The van der Waals surface area contributed by atoms with E-state index in [9.17, 15) is 4.79 Å². The quantitative estimate of drug-likeness (QED) is 0.815. The monoisotopic (exact) mass is 237 g/mol. The van der Waals surface area contributed by atoms with Gasteiger partial charge in [0, 0.05) is 6.54 Å². The van der Waals surface area contributed by atoms with E-state index in [1.54, 1.807) is 0 Å². The van der Waals surface area contributed by atoms with Crippen LogP contribution in [0.4, 0.5) is 0 Å². The summed E-state index contributed by atoms with van der Waals surface area (Å²) in [4.78, 5) is 10.4. The first kappa shape index (κ1) is 11.7. The van der Waals surface area contributed by atoms with Crippen molar-refractivity contribution in [2.45, 2.75) is 13.5 Å². The minimum atomic E-state index is -0.861. The third-order valence-electron chi connectivity index (χ3n) is 2.59. The van der Waals surface area contributed by atoms with E-state index in [4.69, 9.17) is 14.6 Å². The number of carboxylic acids is 1. The fourth-order valence-electron chi connectivity index (χ4n) is 1.73. The van der Waals surface area contributed by atoms with Gasteiger partial charge in [-0.05, 0) is 30.2 Å². The lowest BCUT2D eigenvalue weighted by molar-refractivity contribution is -0.135. The first-order chi connectivity index (χ1) is 8.16. The second-order valence-corrected chi connectivity index (χ2v) is 3.92. The molecule has 0 saturated carbocycles. The lowest BCUT2D eigenvalue weighted by atomic mass is 10.1. The summed E-state index contributed by atoms with van der Waals surface area (Å²) in [5.74, 6) is 0.630. The van der Waals surface area contributed by atoms with Gasteiger partial charge in [0.15, 0.2) is 11.5 Å². The summed E-state index contributed by atoms with van der Waals surface area (Å²) in [6.07, 6.45) is 0. The predicted octanol–water partition coefficient (Wildman–Crippen LogP) is 0.940. The summed E-state index contributed by atoms with van der Waals surface area (Å²) in [5.41, 5.74) is 2.09. The highest BCUT2D eigenvalue weighted by Crippen LogP contribution is 2.32. The van der Waals surface area contributed by atoms with Gasteiger partial charge in [0.2, 0.25) is 0 Å². The predicted molar refractivity (Wildman–Crippen MR) is 61.5 cm³/mol. The highest BCUT2D eigenvalue weighted by molar-refractivity contribution is 5.69. The molecule has 0 aliphatic carbocycles. The van der Waals surface area contributed by atoms with Crippen LogP contribution in [-0.2, 0) is 11.3 Å². The van der Waals surface area contributed by atoms with Crippen molar-refractivity contribution < 1.29 is 19.4 Å². The van der Waals surface area contributed by atoms with E-state index in [-0.39, 0.29) is 6.54 Å². The van der Waals surface area contributed by atoms with Crippen LogP contribution >= 0.6 is 0 Å². The van der Waals surface area contributed by atoms with Gasteiger partial charge in [-0.2, -0.15) is 0 Å². The van der Waals surface area contributed by atoms with Crippen LogP contribution in [-0.4, -0.2) is 30.8 Å². The Hall–Kier alpha value is -1.75. The minimum absolute atomic E-state index is 0.0477. The van der Waals surface area contributed by atoms with Crippen molar-refractivity contribution >= 4 is 5.97 Å². The van der Waals surface area contributed by atoms with Crippen LogP contribution in [0.25, 0.3) is 0 Å². The summed E-state index contributed by atoms with van der Waals surface area (Å²) >= 11 is 0. The molecule has 1 aromatic rings. The van der Waals surface area contributed by atoms with Crippen molar-refractivity contribution in [3.8, 4) is 11.5 Å². The van der Waals surface area contributed by atoms with Crippen LogP contribution in [0.15, 0.2) is 12.1 Å². The Bertz CT molecular complexity index is 431. The van der Waals surface area contributed by atoms with Gasteiger partial charge in [0.1, 0.15) is 13.2 Å². The van der Waals surface area contributed by atoms with Gasteiger partial charge in [-0.15, -0.1) is 0 Å². The SMILES string of the molecule is Cc1cc2c(cc1CNCC(=O)O)OCCO2. The molecule has 1 aromatic carbocycles. The molecule has 0 saturated heterocycles. The molecule has 0 bridgehead atoms. The molecule has 1 aliphatic rings. The number of carbonyl (C=O) groups is 1. The molecule has 2 N–H and O–H groups in total. The van der Waals surface area contributed by atoms with Crippen LogP contribution in [0.2, 0.25) is 0 Å². The zero-order valence-corrected chi connectivity index (χ0v) is 9.66. The standard InChI is InChI=1S/C12H15NO4/c1-8-4-10-11(17-3-2-16-10)5-9(8)6-13-7-12(14)15/h4-5,13H,2-3,6-7H2,1H3,(H,14,15). The Balaban J connectivity index is 2.09. The number of benzene rings is 1. The van der Waals surface area contributed by atoms with E-state index in [0.717, 1.165) is 22.6 Å². The fraction of sp³-hybridized carbons (Fsp3) is 0.417. The zero-order chi connectivity index (χ0) is 12.3. The van der Waals surface area contributed by atoms with Gasteiger partial charge < -0.3 is 19.9 Å². The van der Waals surface area contributed by atoms with Gasteiger partial charge in [-0.3, -0.25) is 4.79 Å². The van der Waals surface area contributed by atoms with E-state index >= 15 is 0 Å². The van der Waals surface area contributed by atoms with Crippen LogP contribution < -0.4 is 14.8 Å². The molecule has 0 atom stereocenters. The molecule has 92 valence electrons. The van der Waals surface area contributed by atoms with Gasteiger partial charge in [0.25, 0.3) is 0 Å². The molecule has 0 unspecified atom stereocenters. The van der Waals surface area contributed by atoms with Crippen molar-refractivity contribution in [1.29, 1.82) is 0 Å². The molecule has 5 nitrogen and oxygen atoms in total. The molecule has 5 heteroatoms. The number of aliphatic carboxylic acids is 1. The van der Waals surface area contributed by atoms with Crippen LogP contribution in [0, 0.1) is 6.92 Å². The second kappa shape index (κ2) is 5.05. The molecule has 0 fully saturated rings. The Kier molecular flexibility index (Phi) is 3.49. The summed E-state index contributed by atoms with van der Waals surface area (Å²) in [5, 5.41) is 11.4. The Morgan fingerprint density at radius 1 is 1.35 bits per heavy atom. The third-order valence-corrected chi connectivity index (χ3v) is 2.59. The number of carboxylic acid groups (broad SMARTS) is 1. The third kappa shape index (κ3) is 2.88. The Morgan fingerprint density at radius 3 is 2.65 bits per heavy atom. The molecule has 17 heavy (non-hydrogen) atoms. The maximum Gasteiger partial charge on any atom is 0.317 e. The maximum absolute atomic E-state index is 10.4. The van der Waals surface area contributed by atoms with E-state index in [0.29, 0.717) is 19.8 Å². The Labute approximate surface area is 99.3 Å². The number of hydrogen-bond donors (Lipinski definition) is 2. The van der Waals surface area contributed by atoms with E-state index < -0.39 is 5.97 Å². The van der Waals surface area contributed by atoms with Crippen molar-refractivity contribution in [1.82, 2.24) is 5.32 Å². The number of nitrogens with one attached hydrogen (secondary N) is 1. The molecule has 1 aliphatic heterocycles. The van der Waals surface area contributed by atoms with Crippen molar-refractivity contribution in [3.05, 3.63) is 23.3 Å². The Morgan fingerprint density at radius 2 is 2.00 bits per heavy atom. The van der Waals surface area contributed by atoms with Crippen LogP contribution in [0.1, 0.15) is 11.1 Å². The molecule has 0 aromatic heterocycles. The summed E-state index contributed by atoms with van der Waals surface area (Å²) in [6.45, 7) is 3.56. The van der Waals surface area contributed by atoms with Crippen molar-refractivity contribution in [3.63, 3.8) is 0 Å². The number of fused-ring (bicyclic) bond motifs is 1. The fourth-order valence-corrected chi connectivity index (χ4v) is 1.73. The highest BCUT2D eigenvalue weighted by atomic mass is 16.6. The minimum Gasteiger partial charge on any atom is -0.486 e. The normalized spacial score (nSPS) is 13.5. The average molecular weight is 237 g/mol. The smallest absolute Gasteiger partial charge is 0.317 e. The van der Waals surface area contributed by atoms with Crippen molar-refractivity contribution in [2.24, 2.45) is 0 Å². The van der Waals surface area contributed by atoms with Gasteiger partial charge in [0.05, 0.1) is 6.54 Å². The lowest BCUT2D eigenvalue weighted by Gasteiger charge is -2.20. The number of rotatable bonds is 4. The zero-order valence-electron chi connectivity index (χ0n) is 9.66. The number of ether oxygens (including phenoxy) is 2. The largest absolute Gasteiger partial charge is 0.486 e. The van der Waals surface area contributed by atoms with E-state index in [2.05, 4.69) is 5.32 Å². The molecule has 0 spiro atoms. The summed E-state index contributed by atoms with van der Waals surface area (Å²) in [6, 6.07) is 3.82. The highest BCUT2D eigenvalue weighted by Gasteiger charge is 2.13. The second-order valence-electron chi connectivity index (χ2n) is 3.92. The molecule has 0 amide bonds. The molecule has 1 heterocycles. The molecule has 0 radical (unpaired) electrons. The topological polar surface area (TPSA) is 67.8 Å². The van der Waals surface area contributed by atoms with Crippen molar-refractivity contribution in [2.75, 3.05) is 19.8 Å². The average Bonchev–Trinajstić information content (AvgIpc) is 2.29. The molecular formula is C12H15NO4. The van der Waals surface area contributed by atoms with Crippen LogP contribution in [0.3, 0.4) is 0 Å². The first-order valence-corrected chi connectivity index (χ1v) is 5.48.